The van der Waals surface area contributed by atoms with Gasteiger partial charge in [0.15, 0.2) is 0 Å². The quantitative estimate of drug-likeness (QED) is 0.675. The molecule has 0 aromatic heterocycles. The minimum absolute atomic E-state index is 0.144. The molecule has 0 spiro atoms. The van der Waals surface area contributed by atoms with E-state index in [9.17, 15) is 4.79 Å². The van der Waals surface area contributed by atoms with Gasteiger partial charge in [0.2, 0.25) is 0 Å². The molecule has 88 valence electrons. The van der Waals surface area contributed by atoms with Crippen molar-refractivity contribution in [2.45, 2.75) is 45.2 Å². The van der Waals surface area contributed by atoms with E-state index >= 15 is 0 Å². The molecule has 1 aliphatic rings. The van der Waals surface area contributed by atoms with Crippen LogP contribution >= 0.6 is 0 Å². The maximum atomic E-state index is 11.4. The van der Waals surface area contributed by atoms with Crippen molar-refractivity contribution in [3.63, 3.8) is 0 Å². The summed E-state index contributed by atoms with van der Waals surface area (Å²) in [5.41, 5.74) is 0. The Balaban J connectivity index is 2.28. The third-order valence-electron chi connectivity index (χ3n) is 2.70. The van der Waals surface area contributed by atoms with E-state index in [4.69, 9.17) is 4.74 Å². The molecule has 1 rings (SSSR count). The van der Waals surface area contributed by atoms with Gasteiger partial charge in [-0.25, -0.2) is 0 Å². The predicted octanol–water partition coefficient (Wildman–Crippen LogP) is 0.670. The summed E-state index contributed by atoms with van der Waals surface area (Å²) in [6.07, 6.45) is 3.40. The third kappa shape index (κ3) is 4.62. The zero-order valence-corrected chi connectivity index (χ0v) is 9.71. The van der Waals surface area contributed by atoms with Crippen LogP contribution in [0.3, 0.4) is 0 Å². The molecule has 1 saturated heterocycles. The first-order chi connectivity index (χ1) is 7.24. The molecule has 2 N–H and O–H groups in total. The second-order valence-electron chi connectivity index (χ2n) is 4.02. The average Bonchev–Trinajstić information content (AvgIpc) is 2.46. The highest BCUT2D eigenvalue weighted by Gasteiger charge is 2.19. The van der Waals surface area contributed by atoms with E-state index in [0.717, 1.165) is 25.9 Å². The fraction of sp³-hybridized carbons (Fsp3) is 0.909. The minimum atomic E-state index is -0.187. The van der Waals surface area contributed by atoms with Gasteiger partial charge in [-0.15, -0.1) is 0 Å². The Labute approximate surface area is 91.8 Å². The van der Waals surface area contributed by atoms with Crippen molar-refractivity contribution in [3.8, 4) is 0 Å². The van der Waals surface area contributed by atoms with Crippen LogP contribution in [0.15, 0.2) is 0 Å². The molecule has 0 amide bonds. The van der Waals surface area contributed by atoms with Gasteiger partial charge in [0, 0.05) is 6.04 Å². The van der Waals surface area contributed by atoms with Crippen molar-refractivity contribution in [1.82, 2.24) is 10.6 Å². The Bertz CT molecular complexity index is 189. The van der Waals surface area contributed by atoms with Crippen LogP contribution in [0.25, 0.3) is 0 Å². The molecule has 0 aliphatic carbocycles. The van der Waals surface area contributed by atoms with Crippen molar-refractivity contribution in [2.75, 3.05) is 19.7 Å². The highest BCUT2D eigenvalue weighted by molar-refractivity contribution is 5.75. The first-order valence-corrected chi connectivity index (χ1v) is 5.87. The molecule has 1 heterocycles. The summed E-state index contributed by atoms with van der Waals surface area (Å²) in [6.45, 7) is 6.28. The van der Waals surface area contributed by atoms with Gasteiger partial charge in [-0.05, 0) is 46.2 Å². The van der Waals surface area contributed by atoms with E-state index in [-0.39, 0.29) is 12.0 Å². The number of ether oxygens (including phenoxy) is 1. The maximum absolute atomic E-state index is 11.4. The van der Waals surface area contributed by atoms with E-state index in [1.807, 2.05) is 13.8 Å². The van der Waals surface area contributed by atoms with Gasteiger partial charge in [0.05, 0.1) is 6.61 Å². The smallest absolute Gasteiger partial charge is 0.322 e. The Morgan fingerprint density at radius 2 is 2.33 bits per heavy atom. The molecule has 1 aliphatic heterocycles. The second-order valence-corrected chi connectivity index (χ2v) is 4.02. The molecule has 4 heteroatoms. The minimum Gasteiger partial charge on any atom is -0.465 e. The standard InChI is InChI=1S/C11H22N2O2/c1-3-15-11(14)9(2)13-10-5-4-7-12-8-6-10/h9-10,12-13H,3-8H2,1-2H3. The molecular weight excluding hydrogens is 192 g/mol. The Morgan fingerprint density at radius 3 is 3.07 bits per heavy atom. The largest absolute Gasteiger partial charge is 0.465 e. The van der Waals surface area contributed by atoms with Gasteiger partial charge in [0.1, 0.15) is 6.04 Å². The Hall–Kier alpha value is -0.610. The SMILES string of the molecule is CCOC(=O)C(C)NC1CCCNCC1. The number of rotatable bonds is 4. The molecule has 2 unspecified atom stereocenters. The van der Waals surface area contributed by atoms with Gasteiger partial charge >= 0.3 is 5.97 Å². The van der Waals surface area contributed by atoms with Gasteiger partial charge in [-0.2, -0.15) is 0 Å². The van der Waals surface area contributed by atoms with Crippen molar-refractivity contribution in [3.05, 3.63) is 0 Å². The first-order valence-electron chi connectivity index (χ1n) is 5.87. The lowest BCUT2D eigenvalue weighted by Gasteiger charge is -2.20. The van der Waals surface area contributed by atoms with Gasteiger partial charge in [-0.1, -0.05) is 0 Å². The summed E-state index contributed by atoms with van der Waals surface area (Å²) >= 11 is 0. The van der Waals surface area contributed by atoms with Crippen LogP contribution in [0.4, 0.5) is 0 Å². The van der Waals surface area contributed by atoms with Crippen LogP contribution in [-0.2, 0) is 9.53 Å². The molecule has 0 aromatic carbocycles. The zero-order valence-electron chi connectivity index (χ0n) is 9.71. The van der Waals surface area contributed by atoms with Crippen molar-refractivity contribution >= 4 is 5.97 Å². The van der Waals surface area contributed by atoms with Gasteiger partial charge in [0.25, 0.3) is 0 Å². The fourth-order valence-corrected chi connectivity index (χ4v) is 1.87. The average molecular weight is 214 g/mol. The normalized spacial score (nSPS) is 24.3. The van der Waals surface area contributed by atoms with Crippen molar-refractivity contribution in [1.29, 1.82) is 0 Å². The van der Waals surface area contributed by atoms with Gasteiger partial charge in [-0.3, -0.25) is 4.79 Å². The zero-order chi connectivity index (χ0) is 11.1. The summed E-state index contributed by atoms with van der Waals surface area (Å²) < 4.78 is 4.96. The number of hydrogen-bond donors (Lipinski definition) is 2. The summed E-state index contributed by atoms with van der Waals surface area (Å²) in [5, 5.41) is 6.68. The lowest BCUT2D eigenvalue weighted by molar-refractivity contribution is -0.145. The van der Waals surface area contributed by atoms with Crippen LogP contribution in [0.5, 0.6) is 0 Å². The Morgan fingerprint density at radius 1 is 1.53 bits per heavy atom. The molecule has 0 bridgehead atoms. The third-order valence-corrected chi connectivity index (χ3v) is 2.70. The topological polar surface area (TPSA) is 50.4 Å². The van der Waals surface area contributed by atoms with Crippen LogP contribution in [-0.4, -0.2) is 37.7 Å². The van der Waals surface area contributed by atoms with Crippen LogP contribution in [0.2, 0.25) is 0 Å². The van der Waals surface area contributed by atoms with E-state index in [1.165, 1.54) is 6.42 Å². The molecule has 15 heavy (non-hydrogen) atoms. The number of carbonyl (C=O) groups excluding carboxylic acids is 1. The monoisotopic (exact) mass is 214 g/mol. The van der Waals surface area contributed by atoms with Crippen LogP contribution in [0, 0.1) is 0 Å². The number of carbonyl (C=O) groups is 1. The van der Waals surface area contributed by atoms with E-state index in [1.54, 1.807) is 0 Å². The van der Waals surface area contributed by atoms with Crippen LogP contribution in [0.1, 0.15) is 33.1 Å². The van der Waals surface area contributed by atoms with Crippen molar-refractivity contribution < 1.29 is 9.53 Å². The Kier molecular flexibility index (Phi) is 5.65. The van der Waals surface area contributed by atoms with Crippen LogP contribution < -0.4 is 10.6 Å². The molecule has 0 aromatic rings. The fourth-order valence-electron chi connectivity index (χ4n) is 1.87. The second kappa shape index (κ2) is 6.80. The number of hydrogen-bond acceptors (Lipinski definition) is 4. The number of nitrogens with one attached hydrogen (secondary N) is 2. The van der Waals surface area contributed by atoms with E-state index < -0.39 is 0 Å². The number of esters is 1. The summed E-state index contributed by atoms with van der Waals surface area (Å²) in [4.78, 5) is 11.4. The summed E-state index contributed by atoms with van der Waals surface area (Å²) in [6, 6.07) is 0.257. The van der Waals surface area contributed by atoms with E-state index in [2.05, 4.69) is 10.6 Å². The summed E-state index contributed by atoms with van der Waals surface area (Å²) in [7, 11) is 0. The van der Waals surface area contributed by atoms with Crippen molar-refractivity contribution in [2.24, 2.45) is 0 Å². The molecule has 0 saturated carbocycles. The highest BCUT2D eigenvalue weighted by atomic mass is 16.5. The summed E-state index contributed by atoms with van der Waals surface area (Å²) in [5.74, 6) is -0.144. The molecule has 0 radical (unpaired) electrons. The van der Waals surface area contributed by atoms with Gasteiger partial charge < -0.3 is 15.4 Å². The molecule has 2 atom stereocenters. The highest BCUT2D eigenvalue weighted by Crippen LogP contribution is 2.06. The molecule has 1 fully saturated rings. The lowest BCUT2D eigenvalue weighted by Crippen LogP contribution is -2.42. The lowest BCUT2D eigenvalue weighted by atomic mass is 10.1. The maximum Gasteiger partial charge on any atom is 0.322 e. The molecular formula is C11H22N2O2. The first kappa shape index (κ1) is 12.5. The predicted molar refractivity (Wildman–Crippen MR) is 59.7 cm³/mol. The molecule has 4 nitrogen and oxygen atoms in total. The van der Waals surface area contributed by atoms with E-state index in [0.29, 0.717) is 12.6 Å².